The van der Waals surface area contributed by atoms with Crippen LogP contribution in [0, 0.1) is 21.4 Å². The summed E-state index contributed by atoms with van der Waals surface area (Å²) >= 11 is 9.53. The molecule has 0 aliphatic heterocycles. The maximum Gasteiger partial charge on any atom is 0.513 e. The molecule has 1 amide bonds. The molecule has 0 heterocycles. The maximum atomic E-state index is 11.8. The van der Waals surface area contributed by atoms with Crippen molar-refractivity contribution in [2.75, 3.05) is 19.6 Å². The van der Waals surface area contributed by atoms with Crippen molar-refractivity contribution in [3.63, 3.8) is 0 Å². The molecule has 260 valence electrons. The number of carbonyl (C=O) groups is 3. The molecule has 0 saturated carbocycles. The van der Waals surface area contributed by atoms with Crippen LogP contribution in [0.3, 0.4) is 0 Å². The number of nitro benzene ring substituents is 1. The number of nitrogens with two attached hydrogens (primary N) is 1. The highest BCUT2D eigenvalue weighted by Crippen LogP contribution is 2.41. The van der Waals surface area contributed by atoms with Gasteiger partial charge in [0.25, 0.3) is 5.69 Å². The first-order valence-electron chi connectivity index (χ1n) is 14.2. The van der Waals surface area contributed by atoms with E-state index in [4.69, 9.17) is 38.4 Å². The van der Waals surface area contributed by atoms with Crippen LogP contribution in [0.5, 0.6) is 11.5 Å². The van der Waals surface area contributed by atoms with E-state index in [9.17, 15) is 29.8 Å². The predicted octanol–water partition coefficient (Wildman–Crippen LogP) is 8.15. The second-order valence-corrected chi connectivity index (χ2v) is 14.1. The minimum absolute atomic E-state index is 0.0515. The van der Waals surface area contributed by atoms with Crippen molar-refractivity contribution >= 4 is 47.1 Å². The van der Waals surface area contributed by atoms with Crippen molar-refractivity contribution in [2.24, 2.45) is 5.73 Å². The Morgan fingerprint density at radius 1 is 0.809 bits per heavy atom. The van der Waals surface area contributed by atoms with Gasteiger partial charge in [-0.25, -0.2) is 9.59 Å². The van der Waals surface area contributed by atoms with Crippen LogP contribution in [0.15, 0.2) is 30.3 Å². The van der Waals surface area contributed by atoms with Crippen LogP contribution in [0.2, 0.25) is 0 Å². The molecule has 2 aromatic carbocycles. The van der Waals surface area contributed by atoms with E-state index < -0.39 is 39.4 Å². The van der Waals surface area contributed by atoms with Crippen LogP contribution in [-0.4, -0.2) is 42.7 Å². The Morgan fingerprint density at radius 3 is 1.64 bits per heavy atom. The molecule has 2 aromatic rings. The summed E-state index contributed by atoms with van der Waals surface area (Å²) in [4.78, 5) is 45.4. The molecule has 0 aliphatic rings. The van der Waals surface area contributed by atoms with E-state index in [0.29, 0.717) is 16.9 Å². The Kier molecular flexibility index (Phi) is 15.7. The minimum Gasteiger partial charge on any atom is -0.437 e. The van der Waals surface area contributed by atoms with Crippen molar-refractivity contribution in [3.8, 4) is 17.6 Å². The number of methoxy groups -OCH3 is 2. The fraction of sp³-hybridized carbons (Fsp3) is 0.515. The fourth-order valence-corrected chi connectivity index (χ4v) is 3.92. The summed E-state index contributed by atoms with van der Waals surface area (Å²) in [6, 6.07) is 10.4. The van der Waals surface area contributed by atoms with Crippen LogP contribution in [-0.2, 0) is 35.9 Å². The number of amides is 1. The van der Waals surface area contributed by atoms with Gasteiger partial charge in [-0.05, 0) is 62.3 Å². The summed E-state index contributed by atoms with van der Waals surface area (Å²) < 4.78 is 19.1. The summed E-state index contributed by atoms with van der Waals surface area (Å²) in [5.41, 5.74) is 5.06. The second kappa shape index (κ2) is 17.2. The zero-order chi connectivity index (χ0) is 37.1. The summed E-state index contributed by atoms with van der Waals surface area (Å²) in [6.07, 6.45) is -1.84. The topological polar surface area (TPSA) is 181 Å². The van der Waals surface area contributed by atoms with Gasteiger partial charge in [-0.1, -0.05) is 47.6 Å². The Balaban J connectivity index is 0.000000842. The number of halogens is 2. The number of hydrogen-bond acceptors (Lipinski definition) is 10. The molecule has 0 radical (unpaired) electrons. The third-order valence-corrected chi connectivity index (χ3v) is 6.91. The molecule has 14 heteroatoms. The Bertz CT molecular complexity index is 1490. The highest BCUT2D eigenvalue weighted by Gasteiger charge is 2.36. The molecule has 0 fully saturated rings. The molecular weight excluding hydrogens is 653 g/mol. The Labute approximate surface area is 286 Å². The number of nitro groups is 1. The second-order valence-electron chi connectivity index (χ2n) is 13.3. The molecular formula is C33H45Cl2N3O9. The number of hydrogen-bond donors (Lipinski definition) is 1. The molecule has 0 aromatic heterocycles. The smallest absolute Gasteiger partial charge is 0.437 e. The van der Waals surface area contributed by atoms with Crippen LogP contribution in [0.1, 0.15) is 91.5 Å². The minimum atomic E-state index is -1.21. The molecule has 2 rings (SSSR count). The van der Waals surface area contributed by atoms with Gasteiger partial charge in [-0.2, -0.15) is 5.26 Å². The predicted molar refractivity (Wildman–Crippen MR) is 180 cm³/mol. The summed E-state index contributed by atoms with van der Waals surface area (Å²) in [5, 5.41) is 20.9. The molecule has 0 bridgehead atoms. The number of nitrogens with zero attached hydrogens (tertiary/aromatic N) is 2. The zero-order valence-corrected chi connectivity index (χ0v) is 30.5. The summed E-state index contributed by atoms with van der Waals surface area (Å²) in [6.45, 7) is 18.4. The van der Waals surface area contributed by atoms with Gasteiger partial charge in [0, 0.05) is 16.7 Å². The monoisotopic (exact) mass is 697 g/mol. The number of nitriles is 1. The van der Waals surface area contributed by atoms with Crippen molar-refractivity contribution in [3.05, 3.63) is 62.7 Å². The van der Waals surface area contributed by atoms with E-state index in [1.807, 2.05) is 12.1 Å². The summed E-state index contributed by atoms with van der Waals surface area (Å²) in [5.74, 6) is -0.437. The zero-order valence-electron chi connectivity index (χ0n) is 29.0. The van der Waals surface area contributed by atoms with Crippen LogP contribution < -0.4 is 15.2 Å². The highest BCUT2D eigenvalue weighted by molar-refractivity contribution is 6.40. The van der Waals surface area contributed by atoms with Gasteiger partial charge in [0.1, 0.15) is 11.5 Å². The first-order valence-corrected chi connectivity index (χ1v) is 15.3. The quantitative estimate of drug-likeness (QED) is 0.102. The normalized spacial score (nSPS) is 11.3. The average molecular weight is 699 g/mol. The van der Waals surface area contributed by atoms with E-state index in [0.717, 1.165) is 18.7 Å². The lowest BCUT2D eigenvalue weighted by Crippen LogP contribution is -2.36. The average Bonchev–Trinajstić information content (AvgIpc) is 2.96. The van der Waals surface area contributed by atoms with E-state index in [2.05, 4.69) is 36.3 Å². The van der Waals surface area contributed by atoms with Gasteiger partial charge >= 0.3 is 12.3 Å². The van der Waals surface area contributed by atoms with Gasteiger partial charge in [0.15, 0.2) is 0 Å². The summed E-state index contributed by atoms with van der Waals surface area (Å²) in [7, 11) is 2.36. The molecule has 0 atom stereocenters. The van der Waals surface area contributed by atoms with E-state index in [1.165, 1.54) is 13.2 Å². The molecule has 0 spiro atoms. The van der Waals surface area contributed by atoms with Gasteiger partial charge in [-0.15, -0.1) is 23.2 Å². The Hall–Kier alpha value is -4.08. The maximum absolute atomic E-state index is 11.8. The van der Waals surface area contributed by atoms with Crippen LogP contribution >= 0.6 is 23.2 Å². The molecule has 12 nitrogen and oxygen atoms in total. The lowest BCUT2D eigenvalue weighted by molar-refractivity contribution is -0.386. The SMILES string of the molecule is COC(=O)Oc1cc([N+](=O)[O-])c(C(C)(C)C)cc1C(C)(C)C(N)=O.COC(=O)Oc1ccc(C(C)(C)C)cc1C(C)(C)C#N.ClCCl. The molecule has 0 aliphatic carbocycles. The van der Waals surface area contributed by atoms with Crippen LogP contribution in [0.4, 0.5) is 15.3 Å². The number of benzene rings is 2. The number of ether oxygens (including phenoxy) is 4. The standard InChI is InChI=1S/C16H22N2O6.C16H21NO3.CH2Cl2/c1-15(2,3)9-7-10(16(4,5)13(17)19)12(24-14(20)23-6)8-11(9)18(21)22;1-15(2,3)11-7-8-13(20-14(18)19-6)12(9-11)16(4,5)10-17;2-1-3/h7-8H,1-6H3,(H2,17,19);7-9H,1-6H3;1H2. The van der Waals surface area contributed by atoms with Crippen molar-refractivity contribution < 1.29 is 38.3 Å². The van der Waals surface area contributed by atoms with Gasteiger partial charge in [-0.3, -0.25) is 14.9 Å². The van der Waals surface area contributed by atoms with Crippen molar-refractivity contribution in [1.82, 2.24) is 0 Å². The number of rotatable bonds is 6. The lowest BCUT2D eigenvalue weighted by atomic mass is 9.78. The van der Waals surface area contributed by atoms with Gasteiger partial charge in [0.2, 0.25) is 5.91 Å². The highest BCUT2D eigenvalue weighted by atomic mass is 35.5. The number of alkyl halides is 2. The van der Waals surface area contributed by atoms with E-state index in [1.54, 1.807) is 54.5 Å². The number of carbonyl (C=O) groups excluding carboxylic acids is 3. The lowest BCUT2D eigenvalue weighted by Gasteiger charge is -2.27. The molecule has 47 heavy (non-hydrogen) atoms. The van der Waals surface area contributed by atoms with Crippen molar-refractivity contribution in [2.45, 2.75) is 90.9 Å². The largest absolute Gasteiger partial charge is 0.513 e. The Morgan fingerprint density at radius 2 is 1.28 bits per heavy atom. The first-order chi connectivity index (χ1) is 21.3. The first kappa shape index (κ1) is 42.9. The third-order valence-electron chi connectivity index (χ3n) is 6.91. The number of primary amides is 1. The van der Waals surface area contributed by atoms with Crippen LogP contribution in [0.25, 0.3) is 0 Å². The van der Waals surface area contributed by atoms with Gasteiger partial charge in [0.05, 0.1) is 47.4 Å². The van der Waals surface area contributed by atoms with E-state index >= 15 is 0 Å². The third kappa shape index (κ3) is 12.2. The van der Waals surface area contributed by atoms with Gasteiger partial charge < -0.3 is 24.7 Å². The van der Waals surface area contributed by atoms with E-state index in [-0.39, 0.29) is 27.8 Å². The fourth-order valence-electron chi connectivity index (χ4n) is 3.92. The van der Waals surface area contributed by atoms with Crippen molar-refractivity contribution in [1.29, 1.82) is 5.26 Å². The molecule has 0 unspecified atom stereocenters. The molecule has 0 saturated heterocycles. The molecule has 2 N–H and O–H groups in total.